The number of hydrogen-bond donors (Lipinski definition) is 1. The molecule has 0 aliphatic heterocycles. The van der Waals surface area contributed by atoms with Gasteiger partial charge in [0.25, 0.3) is 5.91 Å². The number of carbonyl (C=O) groups excluding carboxylic acids is 1. The summed E-state index contributed by atoms with van der Waals surface area (Å²) < 4.78 is 16.6. The second-order valence-electron chi connectivity index (χ2n) is 6.24. The number of pyridine rings is 1. The molecule has 1 amide bonds. The molecule has 0 atom stereocenters. The van der Waals surface area contributed by atoms with Crippen LogP contribution in [0.1, 0.15) is 28.5 Å². The summed E-state index contributed by atoms with van der Waals surface area (Å²) in [7, 11) is 1.55. The Labute approximate surface area is 170 Å². The summed E-state index contributed by atoms with van der Waals surface area (Å²) in [6, 6.07) is 18.5. The van der Waals surface area contributed by atoms with Gasteiger partial charge < -0.3 is 19.5 Å². The SMILES string of the molecule is CCOc1ccc(C(=O)NCc2cccc(OCc3ccccn3)c2)cc1OC. The highest BCUT2D eigenvalue weighted by atomic mass is 16.5. The zero-order valence-corrected chi connectivity index (χ0v) is 16.6. The normalized spacial score (nSPS) is 10.3. The summed E-state index contributed by atoms with van der Waals surface area (Å²) in [5.74, 6) is 1.69. The van der Waals surface area contributed by atoms with Gasteiger partial charge in [-0.15, -0.1) is 0 Å². The van der Waals surface area contributed by atoms with E-state index >= 15 is 0 Å². The molecule has 6 heteroatoms. The van der Waals surface area contributed by atoms with Crippen LogP contribution in [0, 0.1) is 0 Å². The van der Waals surface area contributed by atoms with E-state index in [1.165, 1.54) is 0 Å². The van der Waals surface area contributed by atoms with Crippen LogP contribution >= 0.6 is 0 Å². The number of aromatic nitrogens is 1. The van der Waals surface area contributed by atoms with E-state index in [-0.39, 0.29) is 5.91 Å². The zero-order valence-electron chi connectivity index (χ0n) is 16.6. The molecular weight excluding hydrogens is 368 g/mol. The maximum Gasteiger partial charge on any atom is 0.251 e. The number of ether oxygens (including phenoxy) is 3. The summed E-state index contributed by atoms with van der Waals surface area (Å²) in [5.41, 5.74) is 2.30. The smallest absolute Gasteiger partial charge is 0.251 e. The molecule has 0 radical (unpaired) electrons. The molecule has 1 heterocycles. The van der Waals surface area contributed by atoms with Gasteiger partial charge in [0.2, 0.25) is 0 Å². The number of nitrogens with one attached hydrogen (secondary N) is 1. The highest BCUT2D eigenvalue weighted by Crippen LogP contribution is 2.28. The predicted molar refractivity (Wildman–Crippen MR) is 110 cm³/mol. The molecule has 150 valence electrons. The van der Waals surface area contributed by atoms with Crippen LogP contribution in [0.4, 0.5) is 0 Å². The Bertz CT molecular complexity index is 945. The van der Waals surface area contributed by atoms with Crippen molar-refractivity contribution in [2.24, 2.45) is 0 Å². The second-order valence-corrected chi connectivity index (χ2v) is 6.24. The fourth-order valence-corrected chi connectivity index (χ4v) is 2.75. The van der Waals surface area contributed by atoms with Gasteiger partial charge >= 0.3 is 0 Å². The van der Waals surface area contributed by atoms with Crippen molar-refractivity contribution in [2.45, 2.75) is 20.1 Å². The van der Waals surface area contributed by atoms with Gasteiger partial charge in [0.15, 0.2) is 11.5 Å². The first-order chi connectivity index (χ1) is 14.2. The van der Waals surface area contributed by atoms with Crippen molar-refractivity contribution in [3.8, 4) is 17.2 Å². The molecular formula is C23H24N2O4. The third-order valence-corrected chi connectivity index (χ3v) is 4.19. The van der Waals surface area contributed by atoms with E-state index in [0.717, 1.165) is 17.0 Å². The molecule has 0 bridgehead atoms. The minimum atomic E-state index is -0.189. The zero-order chi connectivity index (χ0) is 20.5. The quantitative estimate of drug-likeness (QED) is 0.596. The first-order valence-corrected chi connectivity index (χ1v) is 9.40. The average Bonchev–Trinajstić information content (AvgIpc) is 2.77. The van der Waals surface area contributed by atoms with E-state index in [9.17, 15) is 4.79 Å². The van der Waals surface area contributed by atoms with Gasteiger partial charge in [-0.3, -0.25) is 9.78 Å². The molecule has 0 spiro atoms. The number of methoxy groups -OCH3 is 1. The Morgan fingerprint density at radius 2 is 1.90 bits per heavy atom. The third kappa shape index (κ3) is 5.72. The van der Waals surface area contributed by atoms with Gasteiger partial charge in [0.05, 0.1) is 19.4 Å². The maximum atomic E-state index is 12.5. The highest BCUT2D eigenvalue weighted by Gasteiger charge is 2.11. The lowest BCUT2D eigenvalue weighted by atomic mass is 10.1. The van der Waals surface area contributed by atoms with Crippen LogP contribution in [-0.2, 0) is 13.2 Å². The Morgan fingerprint density at radius 1 is 1.00 bits per heavy atom. The van der Waals surface area contributed by atoms with Gasteiger partial charge in [0, 0.05) is 18.3 Å². The Hall–Kier alpha value is -3.54. The lowest BCUT2D eigenvalue weighted by Gasteiger charge is -2.12. The second kappa shape index (κ2) is 10.1. The molecule has 0 aliphatic carbocycles. The van der Waals surface area contributed by atoms with Crippen LogP contribution in [0.15, 0.2) is 66.9 Å². The van der Waals surface area contributed by atoms with Crippen molar-refractivity contribution in [3.05, 3.63) is 83.7 Å². The Kier molecular flexibility index (Phi) is 7.05. The van der Waals surface area contributed by atoms with Gasteiger partial charge in [-0.05, 0) is 55.0 Å². The number of carbonyl (C=O) groups is 1. The number of nitrogens with zero attached hydrogens (tertiary/aromatic N) is 1. The monoisotopic (exact) mass is 392 g/mol. The van der Waals surface area contributed by atoms with Gasteiger partial charge in [-0.2, -0.15) is 0 Å². The fourth-order valence-electron chi connectivity index (χ4n) is 2.75. The number of rotatable bonds is 9. The Morgan fingerprint density at radius 3 is 2.66 bits per heavy atom. The van der Waals surface area contributed by atoms with E-state index in [1.807, 2.05) is 49.4 Å². The molecule has 0 aliphatic rings. The van der Waals surface area contributed by atoms with E-state index in [2.05, 4.69) is 10.3 Å². The molecule has 2 aromatic carbocycles. The third-order valence-electron chi connectivity index (χ3n) is 4.19. The number of amides is 1. The van der Waals surface area contributed by atoms with Crippen LogP contribution in [0.5, 0.6) is 17.2 Å². The van der Waals surface area contributed by atoms with Crippen molar-refractivity contribution in [2.75, 3.05) is 13.7 Å². The summed E-state index contributed by atoms with van der Waals surface area (Å²) in [6.45, 7) is 3.20. The van der Waals surface area contributed by atoms with Gasteiger partial charge in [-0.1, -0.05) is 18.2 Å². The molecule has 0 fully saturated rings. The summed E-state index contributed by atoms with van der Waals surface area (Å²) in [4.78, 5) is 16.7. The molecule has 1 aromatic heterocycles. The van der Waals surface area contributed by atoms with Crippen LogP contribution in [0.25, 0.3) is 0 Å². The number of benzene rings is 2. The number of hydrogen-bond acceptors (Lipinski definition) is 5. The first-order valence-electron chi connectivity index (χ1n) is 9.40. The van der Waals surface area contributed by atoms with E-state index < -0.39 is 0 Å². The van der Waals surface area contributed by atoms with Crippen molar-refractivity contribution >= 4 is 5.91 Å². The molecule has 3 rings (SSSR count). The fraction of sp³-hybridized carbons (Fsp3) is 0.217. The van der Waals surface area contributed by atoms with Crippen LogP contribution < -0.4 is 19.5 Å². The summed E-state index contributed by atoms with van der Waals surface area (Å²) in [5, 5.41) is 2.92. The van der Waals surface area contributed by atoms with Gasteiger partial charge in [-0.25, -0.2) is 0 Å². The molecule has 0 saturated carbocycles. The van der Waals surface area contributed by atoms with E-state index in [1.54, 1.807) is 31.5 Å². The topological polar surface area (TPSA) is 69.7 Å². The van der Waals surface area contributed by atoms with Crippen LogP contribution in [0.3, 0.4) is 0 Å². The first kappa shape index (κ1) is 20.2. The Balaban J connectivity index is 1.59. The lowest BCUT2D eigenvalue weighted by molar-refractivity contribution is 0.0950. The van der Waals surface area contributed by atoms with Crippen molar-refractivity contribution in [1.82, 2.24) is 10.3 Å². The minimum Gasteiger partial charge on any atom is -0.493 e. The molecule has 3 aromatic rings. The molecule has 29 heavy (non-hydrogen) atoms. The molecule has 1 N–H and O–H groups in total. The van der Waals surface area contributed by atoms with Gasteiger partial charge in [0.1, 0.15) is 12.4 Å². The minimum absolute atomic E-state index is 0.189. The summed E-state index contributed by atoms with van der Waals surface area (Å²) >= 11 is 0. The summed E-state index contributed by atoms with van der Waals surface area (Å²) in [6.07, 6.45) is 1.74. The largest absolute Gasteiger partial charge is 0.493 e. The van der Waals surface area contributed by atoms with Crippen molar-refractivity contribution in [3.63, 3.8) is 0 Å². The van der Waals surface area contributed by atoms with Crippen LogP contribution in [-0.4, -0.2) is 24.6 Å². The van der Waals surface area contributed by atoms with Crippen molar-refractivity contribution < 1.29 is 19.0 Å². The average molecular weight is 392 g/mol. The lowest BCUT2D eigenvalue weighted by Crippen LogP contribution is -2.22. The molecule has 0 unspecified atom stereocenters. The molecule has 6 nitrogen and oxygen atoms in total. The van der Waals surface area contributed by atoms with Crippen LogP contribution in [0.2, 0.25) is 0 Å². The standard InChI is InChI=1S/C23H24N2O4/c1-3-28-21-11-10-18(14-22(21)27-2)23(26)25-15-17-7-6-9-20(13-17)29-16-19-8-4-5-12-24-19/h4-14H,3,15-16H2,1-2H3,(H,25,26). The van der Waals surface area contributed by atoms with E-state index in [0.29, 0.717) is 36.8 Å². The maximum absolute atomic E-state index is 12.5. The predicted octanol–water partition coefficient (Wildman–Crippen LogP) is 4.00. The van der Waals surface area contributed by atoms with Crippen molar-refractivity contribution in [1.29, 1.82) is 0 Å². The van der Waals surface area contributed by atoms with E-state index in [4.69, 9.17) is 14.2 Å². The highest BCUT2D eigenvalue weighted by molar-refractivity contribution is 5.94. The molecule has 0 saturated heterocycles.